The van der Waals surface area contributed by atoms with E-state index in [0.29, 0.717) is 12.0 Å². The SMILES string of the molecule is CCOC1CC(CC(Cc2c(F)ccc(Br)c2F)NN)C1. The highest BCUT2D eigenvalue weighted by Crippen LogP contribution is 2.34. The zero-order chi connectivity index (χ0) is 15.4. The fourth-order valence-electron chi connectivity index (χ4n) is 2.85. The van der Waals surface area contributed by atoms with Crippen molar-refractivity contribution >= 4 is 15.9 Å². The molecular formula is C15H21BrF2N2O. The second-order valence-electron chi connectivity index (χ2n) is 5.54. The number of rotatable bonds is 7. The molecule has 0 amide bonds. The predicted octanol–water partition coefficient (Wildman–Crippen LogP) is 3.31. The highest BCUT2D eigenvalue weighted by atomic mass is 79.9. The first-order valence-electron chi connectivity index (χ1n) is 7.25. The number of benzene rings is 1. The standard InChI is InChI=1S/C15H21BrF2N2O/c1-2-21-11-6-9(7-11)5-10(20-19)8-12-14(17)4-3-13(16)15(12)18/h3-4,9-11,20H,2,5-8,19H2,1H3. The van der Waals surface area contributed by atoms with E-state index >= 15 is 0 Å². The molecule has 3 nitrogen and oxygen atoms in total. The molecule has 1 aromatic rings. The van der Waals surface area contributed by atoms with Crippen molar-refractivity contribution in [1.82, 2.24) is 5.43 Å². The molecule has 1 unspecified atom stereocenters. The van der Waals surface area contributed by atoms with Crippen LogP contribution < -0.4 is 11.3 Å². The molecule has 3 N–H and O–H groups in total. The first-order chi connectivity index (χ1) is 10.0. The molecule has 6 heteroatoms. The Bertz CT molecular complexity index is 481. The van der Waals surface area contributed by atoms with E-state index in [1.54, 1.807) is 0 Å². The second-order valence-corrected chi connectivity index (χ2v) is 6.39. The number of halogens is 3. The molecule has 0 saturated heterocycles. The molecule has 2 rings (SSSR count). The zero-order valence-electron chi connectivity index (χ0n) is 12.0. The third-order valence-electron chi connectivity index (χ3n) is 4.04. The highest BCUT2D eigenvalue weighted by Gasteiger charge is 2.31. The predicted molar refractivity (Wildman–Crippen MR) is 81.6 cm³/mol. The van der Waals surface area contributed by atoms with Crippen LogP contribution in [0.3, 0.4) is 0 Å². The van der Waals surface area contributed by atoms with Gasteiger partial charge < -0.3 is 4.74 Å². The Kier molecular flexibility index (Phi) is 6.10. The summed E-state index contributed by atoms with van der Waals surface area (Å²) in [7, 11) is 0. The van der Waals surface area contributed by atoms with E-state index in [9.17, 15) is 8.78 Å². The smallest absolute Gasteiger partial charge is 0.143 e. The molecule has 0 aromatic heterocycles. The molecule has 1 aliphatic carbocycles. The van der Waals surface area contributed by atoms with E-state index < -0.39 is 11.6 Å². The zero-order valence-corrected chi connectivity index (χ0v) is 13.6. The largest absolute Gasteiger partial charge is 0.378 e. The van der Waals surface area contributed by atoms with Crippen LogP contribution in [-0.4, -0.2) is 18.8 Å². The Balaban J connectivity index is 1.93. The minimum absolute atomic E-state index is 0.0769. The number of ether oxygens (including phenoxy) is 1. The van der Waals surface area contributed by atoms with E-state index in [1.807, 2.05) is 6.92 Å². The van der Waals surface area contributed by atoms with Crippen LogP contribution >= 0.6 is 15.9 Å². The average Bonchev–Trinajstić information content (AvgIpc) is 2.43. The van der Waals surface area contributed by atoms with E-state index in [2.05, 4.69) is 21.4 Å². The average molecular weight is 363 g/mol. The van der Waals surface area contributed by atoms with Gasteiger partial charge in [-0.3, -0.25) is 11.3 Å². The molecule has 1 aliphatic rings. The van der Waals surface area contributed by atoms with Crippen LogP contribution in [0.1, 0.15) is 31.7 Å². The molecular weight excluding hydrogens is 342 g/mol. The fourth-order valence-corrected chi connectivity index (χ4v) is 3.23. The summed E-state index contributed by atoms with van der Waals surface area (Å²) < 4.78 is 33.5. The van der Waals surface area contributed by atoms with Crippen LogP contribution in [-0.2, 0) is 11.2 Å². The minimum Gasteiger partial charge on any atom is -0.378 e. The quantitative estimate of drug-likeness (QED) is 0.444. The van der Waals surface area contributed by atoms with Crippen LogP contribution in [0.4, 0.5) is 8.78 Å². The molecule has 0 aliphatic heterocycles. The fraction of sp³-hybridized carbons (Fsp3) is 0.600. The Hall–Kier alpha value is -0.560. The lowest BCUT2D eigenvalue weighted by Gasteiger charge is -2.37. The van der Waals surface area contributed by atoms with Crippen LogP contribution in [0.25, 0.3) is 0 Å². The summed E-state index contributed by atoms with van der Waals surface area (Å²) in [5, 5.41) is 0. The number of nitrogens with two attached hydrogens (primary N) is 1. The molecule has 21 heavy (non-hydrogen) atoms. The van der Waals surface area contributed by atoms with Gasteiger partial charge in [0.05, 0.1) is 10.6 Å². The van der Waals surface area contributed by atoms with Crippen molar-refractivity contribution in [2.24, 2.45) is 11.8 Å². The van der Waals surface area contributed by atoms with Crippen molar-refractivity contribution in [3.05, 3.63) is 33.8 Å². The maximum absolute atomic E-state index is 14.0. The highest BCUT2D eigenvalue weighted by molar-refractivity contribution is 9.10. The van der Waals surface area contributed by atoms with Gasteiger partial charge in [-0.25, -0.2) is 8.78 Å². The van der Waals surface area contributed by atoms with Gasteiger partial charge in [0.25, 0.3) is 0 Å². The van der Waals surface area contributed by atoms with Crippen LogP contribution in [0.2, 0.25) is 0 Å². The lowest BCUT2D eigenvalue weighted by molar-refractivity contribution is -0.0290. The van der Waals surface area contributed by atoms with E-state index in [1.165, 1.54) is 12.1 Å². The molecule has 1 aromatic carbocycles. The van der Waals surface area contributed by atoms with Gasteiger partial charge in [-0.15, -0.1) is 0 Å². The normalized spacial score (nSPS) is 22.9. The second kappa shape index (κ2) is 7.63. The van der Waals surface area contributed by atoms with Crippen molar-refractivity contribution in [2.45, 2.75) is 44.8 Å². The van der Waals surface area contributed by atoms with Crippen LogP contribution in [0, 0.1) is 17.6 Å². The van der Waals surface area contributed by atoms with Gasteiger partial charge in [0.15, 0.2) is 0 Å². The number of hydrogen-bond donors (Lipinski definition) is 2. The summed E-state index contributed by atoms with van der Waals surface area (Å²) in [6.45, 7) is 2.71. The summed E-state index contributed by atoms with van der Waals surface area (Å²) >= 11 is 3.08. The summed E-state index contributed by atoms with van der Waals surface area (Å²) in [5.74, 6) is 4.97. The lowest BCUT2D eigenvalue weighted by atomic mass is 9.77. The minimum atomic E-state index is -0.545. The summed E-state index contributed by atoms with van der Waals surface area (Å²) in [4.78, 5) is 0. The molecule has 0 bridgehead atoms. The van der Waals surface area contributed by atoms with Crippen molar-refractivity contribution in [3.8, 4) is 0 Å². The Morgan fingerprint density at radius 2 is 2.14 bits per heavy atom. The van der Waals surface area contributed by atoms with Crippen LogP contribution in [0.5, 0.6) is 0 Å². The van der Waals surface area contributed by atoms with Crippen molar-refractivity contribution < 1.29 is 13.5 Å². The maximum atomic E-state index is 14.0. The lowest BCUT2D eigenvalue weighted by Crippen LogP contribution is -2.42. The number of hydrogen-bond acceptors (Lipinski definition) is 3. The Labute approximate surface area is 132 Å². The van der Waals surface area contributed by atoms with Crippen LogP contribution in [0.15, 0.2) is 16.6 Å². The Morgan fingerprint density at radius 3 is 2.76 bits per heavy atom. The molecule has 1 saturated carbocycles. The van der Waals surface area contributed by atoms with Crippen molar-refractivity contribution in [1.29, 1.82) is 0 Å². The molecule has 1 atom stereocenters. The molecule has 1 fully saturated rings. The van der Waals surface area contributed by atoms with Gasteiger partial charge in [-0.2, -0.15) is 0 Å². The molecule has 0 radical (unpaired) electrons. The first-order valence-corrected chi connectivity index (χ1v) is 8.04. The van der Waals surface area contributed by atoms with Gasteiger partial charge >= 0.3 is 0 Å². The van der Waals surface area contributed by atoms with Gasteiger partial charge in [0.2, 0.25) is 0 Å². The first kappa shape index (κ1) is 16.8. The Morgan fingerprint density at radius 1 is 1.43 bits per heavy atom. The van der Waals surface area contributed by atoms with E-state index in [4.69, 9.17) is 10.6 Å². The van der Waals surface area contributed by atoms with E-state index in [-0.39, 0.29) is 22.5 Å². The van der Waals surface area contributed by atoms with Gasteiger partial charge in [-0.1, -0.05) is 0 Å². The summed E-state index contributed by atoms with van der Waals surface area (Å²) in [5.41, 5.74) is 2.76. The third-order valence-corrected chi connectivity index (χ3v) is 4.65. The van der Waals surface area contributed by atoms with E-state index in [0.717, 1.165) is 25.9 Å². The van der Waals surface area contributed by atoms with Crippen molar-refractivity contribution in [3.63, 3.8) is 0 Å². The van der Waals surface area contributed by atoms with Gasteiger partial charge in [0, 0.05) is 18.2 Å². The topological polar surface area (TPSA) is 47.3 Å². The maximum Gasteiger partial charge on any atom is 0.143 e. The monoisotopic (exact) mass is 362 g/mol. The molecule has 0 heterocycles. The van der Waals surface area contributed by atoms with Gasteiger partial charge in [0.1, 0.15) is 11.6 Å². The summed E-state index contributed by atoms with van der Waals surface area (Å²) in [6, 6.07) is 2.50. The van der Waals surface area contributed by atoms with Gasteiger partial charge in [-0.05, 0) is 66.6 Å². The molecule has 0 spiro atoms. The van der Waals surface area contributed by atoms with Crippen molar-refractivity contribution in [2.75, 3.05) is 6.61 Å². The number of nitrogens with one attached hydrogen (secondary N) is 1. The molecule has 118 valence electrons. The summed E-state index contributed by atoms with van der Waals surface area (Å²) in [6.07, 6.45) is 3.36. The third kappa shape index (κ3) is 4.22. The number of hydrazine groups is 1.